The molecule has 24 heavy (non-hydrogen) atoms. The fourth-order valence-electron chi connectivity index (χ4n) is 2.84. The molecule has 2 aliphatic rings. The van der Waals surface area contributed by atoms with Crippen LogP contribution in [0.2, 0.25) is 0 Å². The first-order chi connectivity index (χ1) is 11.3. The van der Waals surface area contributed by atoms with E-state index in [-0.39, 0.29) is 23.3 Å². The highest BCUT2D eigenvalue weighted by Crippen LogP contribution is 2.38. The number of rotatable bonds is 1. The molecule has 1 aliphatic heterocycles. The van der Waals surface area contributed by atoms with Gasteiger partial charge >= 0.3 is 0 Å². The Morgan fingerprint density at radius 2 is 1.25 bits per heavy atom. The fraction of sp³-hybridized carbons (Fsp3) is 0.947. The second-order valence-corrected chi connectivity index (χ2v) is 8.72. The Hall–Kier alpha value is -0.580. The van der Waals surface area contributed by atoms with Crippen molar-refractivity contribution in [1.82, 2.24) is 4.90 Å². The number of carbonyl (C=O) groups is 1. The third kappa shape index (κ3) is 9.05. The summed E-state index contributed by atoms with van der Waals surface area (Å²) in [7, 11) is -2.89. The largest absolute Gasteiger partial charge is 0.340 e. The molecule has 1 saturated heterocycles. The summed E-state index contributed by atoms with van der Waals surface area (Å²) in [6.07, 6.45) is 4.09. The van der Waals surface area contributed by atoms with E-state index in [1.807, 2.05) is 41.5 Å². The third-order valence-corrected chi connectivity index (χ3v) is 5.95. The number of nitrogens with zero attached hydrogens (tertiary/aromatic N) is 1. The molecule has 0 aromatic carbocycles. The Balaban J connectivity index is 0. The molecule has 0 radical (unpaired) electrons. The van der Waals surface area contributed by atoms with Crippen molar-refractivity contribution >= 4 is 15.7 Å². The summed E-state index contributed by atoms with van der Waals surface area (Å²) in [5.41, 5.74) is 0.363. The van der Waals surface area contributed by atoms with Crippen molar-refractivity contribution in [2.45, 2.75) is 81.1 Å². The van der Waals surface area contributed by atoms with Gasteiger partial charge in [-0.25, -0.2) is 8.42 Å². The van der Waals surface area contributed by atoms with Gasteiger partial charge in [-0.3, -0.25) is 4.79 Å². The third-order valence-electron chi connectivity index (χ3n) is 4.34. The van der Waals surface area contributed by atoms with E-state index in [4.69, 9.17) is 0 Å². The molecule has 1 saturated carbocycles. The summed E-state index contributed by atoms with van der Waals surface area (Å²) in [6, 6.07) is 0. The van der Waals surface area contributed by atoms with Gasteiger partial charge in [-0.1, -0.05) is 55.4 Å². The van der Waals surface area contributed by atoms with Crippen molar-refractivity contribution in [3.05, 3.63) is 0 Å². The van der Waals surface area contributed by atoms with Crippen LogP contribution in [0.25, 0.3) is 0 Å². The van der Waals surface area contributed by atoms with Crippen LogP contribution in [0.3, 0.4) is 0 Å². The standard InChI is InChI=1S/C13H23NO3S.3C2H6/c1-13(2)5-3-11(4-6-13)12(15)14-7-9-18(16,17)10-8-14;3*1-2/h11H,3-10H2,1-2H3;3*1-2H3. The second kappa shape index (κ2) is 12.7. The van der Waals surface area contributed by atoms with E-state index in [0.717, 1.165) is 25.7 Å². The Bertz CT molecular complexity index is 406. The maximum absolute atomic E-state index is 12.3. The SMILES string of the molecule is CC.CC.CC.CC1(C)CCC(C(=O)N2CCS(=O)(=O)CC2)CC1. The first-order valence-corrected chi connectivity index (χ1v) is 11.6. The van der Waals surface area contributed by atoms with E-state index in [1.165, 1.54) is 0 Å². The van der Waals surface area contributed by atoms with Crippen molar-refractivity contribution < 1.29 is 13.2 Å². The molecular formula is C19H41NO3S. The van der Waals surface area contributed by atoms with Gasteiger partial charge in [0.15, 0.2) is 9.84 Å². The molecule has 0 N–H and O–H groups in total. The molecule has 0 atom stereocenters. The van der Waals surface area contributed by atoms with Crippen molar-refractivity contribution in [2.75, 3.05) is 24.6 Å². The fourth-order valence-corrected chi connectivity index (χ4v) is 4.04. The van der Waals surface area contributed by atoms with E-state index < -0.39 is 9.84 Å². The molecule has 1 heterocycles. The summed E-state index contributed by atoms with van der Waals surface area (Å²) < 4.78 is 22.7. The highest BCUT2D eigenvalue weighted by atomic mass is 32.2. The van der Waals surface area contributed by atoms with Crippen LogP contribution in [0.1, 0.15) is 81.1 Å². The van der Waals surface area contributed by atoms with Gasteiger partial charge in [0.2, 0.25) is 5.91 Å². The number of sulfone groups is 1. The highest BCUT2D eigenvalue weighted by molar-refractivity contribution is 7.91. The van der Waals surface area contributed by atoms with Crippen LogP contribution >= 0.6 is 0 Å². The smallest absolute Gasteiger partial charge is 0.225 e. The Labute approximate surface area is 151 Å². The molecule has 0 unspecified atom stereocenters. The summed E-state index contributed by atoms with van der Waals surface area (Å²) in [4.78, 5) is 14.1. The van der Waals surface area contributed by atoms with E-state index in [0.29, 0.717) is 18.5 Å². The monoisotopic (exact) mass is 363 g/mol. The van der Waals surface area contributed by atoms with Gasteiger partial charge in [-0.2, -0.15) is 0 Å². The lowest BCUT2D eigenvalue weighted by Gasteiger charge is -2.37. The molecule has 0 bridgehead atoms. The van der Waals surface area contributed by atoms with Crippen LogP contribution in [-0.4, -0.2) is 43.8 Å². The molecule has 0 aromatic rings. The van der Waals surface area contributed by atoms with E-state index in [9.17, 15) is 13.2 Å². The zero-order valence-corrected chi connectivity index (χ0v) is 18.1. The second-order valence-electron chi connectivity index (χ2n) is 6.42. The van der Waals surface area contributed by atoms with Crippen LogP contribution in [0, 0.1) is 11.3 Å². The summed E-state index contributed by atoms with van der Waals surface area (Å²) in [5.74, 6) is 0.577. The van der Waals surface area contributed by atoms with Crippen LogP contribution in [0.15, 0.2) is 0 Å². The molecule has 5 heteroatoms. The number of carbonyl (C=O) groups excluding carboxylic acids is 1. The van der Waals surface area contributed by atoms with Gasteiger partial charge < -0.3 is 4.90 Å². The summed E-state index contributed by atoms with van der Waals surface area (Å²) in [6.45, 7) is 17.3. The molecular weight excluding hydrogens is 322 g/mol. The maximum atomic E-state index is 12.3. The van der Waals surface area contributed by atoms with Gasteiger partial charge in [0.05, 0.1) is 11.5 Å². The molecule has 0 aromatic heterocycles. The average Bonchev–Trinajstić information content (AvgIpc) is 2.60. The van der Waals surface area contributed by atoms with E-state index in [1.54, 1.807) is 4.90 Å². The first kappa shape index (κ1) is 25.7. The van der Waals surface area contributed by atoms with Gasteiger partial charge in [0, 0.05) is 19.0 Å². The van der Waals surface area contributed by atoms with Crippen molar-refractivity contribution in [2.24, 2.45) is 11.3 Å². The first-order valence-electron chi connectivity index (χ1n) is 9.78. The molecule has 0 spiro atoms. The topological polar surface area (TPSA) is 54.5 Å². The minimum absolute atomic E-state index is 0.124. The van der Waals surface area contributed by atoms with Gasteiger partial charge in [0.25, 0.3) is 0 Å². The van der Waals surface area contributed by atoms with Gasteiger partial charge in [0.1, 0.15) is 0 Å². The van der Waals surface area contributed by atoms with Crippen molar-refractivity contribution in [1.29, 1.82) is 0 Å². The van der Waals surface area contributed by atoms with Crippen LogP contribution in [0.4, 0.5) is 0 Å². The van der Waals surface area contributed by atoms with Crippen LogP contribution in [-0.2, 0) is 14.6 Å². The molecule has 146 valence electrons. The van der Waals surface area contributed by atoms with Crippen LogP contribution < -0.4 is 0 Å². The lowest BCUT2D eigenvalue weighted by molar-refractivity contribution is -0.136. The van der Waals surface area contributed by atoms with Crippen molar-refractivity contribution in [3.63, 3.8) is 0 Å². The lowest BCUT2D eigenvalue weighted by atomic mass is 9.73. The predicted octanol–water partition coefficient (Wildman–Crippen LogP) is 4.54. The quantitative estimate of drug-likeness (QED) is 0.687. The predicted molar refractivity (Wildman–Crippen MR) is 105 cm³/mol. The molecule has 1 aliphatic carbocycles. The number of hydrogen-bond acceptors (Lipinski definition) is 3. The normalized spacial score (nSPS) is 21.8. The number of hydrogen-bond donors (Lipinski definition) is 0. The van der Waals surface area contributed by atoms with Gasteiger partial charge in [-0.15, -0.1) is 0 Å². The molecule has 2 fully saturated rings. The van der Waals surface area contributed by atoms with Crippen LogP contribution in [0.5, 0.6) is 0 Å². The zero-order valence-electron chi connectivity index (χ0n) is 17.3. The maximum Gasteiger partial charge on any atom is 0.225 e. The van der Waals surface area contributed by atoms with Crippen molar-refractivity contribution in [3.8, 4) is 0 Å². The molecule has 1 amide bonds. The number of amides is 1. The van der Waals surface area contributed by atoms with E-state index in [2.05, 4.69) is 13.8 Å². The average molecular weight is 364 g/mol. The summed E-state index contributed by atoms with van der Waals surface area (Å²) >= 11 is 0. The minimum atomic E-state index is -2.89. The molecule has 2 rings (SSSR count). The summed E-state index contributed by atoms with van der Waals surface area (Å²) in [5, 5.41) is 0. The highest BCUT2D eigenvalue weighted by Gasteiger charge is 2.34. The lowest BCUT2D eigenvalue weighted by Crippen LogP contribution is -2.47. The minimum Gasteiger partial charge on any atom is -0.340 e. The zero-order chi connectivity index (χ0) is 19.4. The van der Waals surface area contributed by atoms with E-state index >= 15 is 0 Å². The van der Waals surface area contributed by atoms with Gasteiger partial charge in [-0.05, 0) is 31.1 Å². The Morgan fingerprint density at radius 3 is 1.62 bits per heavy atom. The Kier molecular flexibility index (Phi) is 13.6. The Morgan fingerprint density at radius 1 is 0.875 bits per heavy atom. The molecule has 4 nitrogen and oxygen atoms in total.